The van der Waals surface area contributed by atoms with E-state index in [2.05, 4.69) is 47.3 Å². The van der Waals surface area contributed by atoms with Gasteiger partial charge < -0.3 is 10.2 Å². The number of alkyl halides is 2. The summed E-state index contributed by atoms with van der Waals surface area (Å²) in [4.78, 5) is 0. The average molecular weight is 424 g/mol. The number of hydrogen-bond acceptors (Lipinski definition) is 4. The number of hydrogen-bond donors (Lipinski definition) is 4. The van der Waals surface area contributed by atoms with Crippen molar-refractivity contribution in [3.63, 3.8) is 0 Å². The van der Waals surface area contributed by atoms with Gasteiger partial charge in [-0.25, -0.2) is 0 Å². The molecule has 0 heterocycles. The van der Waals surface area contributed by atoms with Crippen LogP contribution in [0.15, 0.2) is 0 Å². The van der Waals surface area contributed by atoms with Crippen molar-refractivity contribution < 1.29 is 35.9 Å². The molecule has 0 spiro atoms. The van der Waals surface area contributed by atoms with Crippen molar-refractivity contribution in [1.29, 1.82) is 0 Å². The van der Waals surface area contributed by atoms with E-state index >= 15 is 0 Å². The summed E-state index contributed by atoms with van der Waals surface area (Å²) in [5, 5.41) is 35.1. The molecule has 0 aromatic heterocycles. The Morgan fingerprint density at radius 3 is 1.24 bits per heavy atom. The molecule has 0 amide bonds. The molecule has 4 nitrogen and oxygen atoms in total. The van der Waals surface area contributed by atoms with Crippen LogP contribution in [0.25, 0.3) is 0 Å². The molecule has 0 aliphatic carbocycles. The zero-order valence-corrected chi connectivity index (χ0v) is 14.7. The molecular formula is C10H21Br2NiO4. The van der Waals surface area contributed by atoms with Gasteiger partial charge in [0.25, 0.3) is 0 Å². The first-order valence-electron chi connectivity index (χ1n) is 4.88. The molecule has 0 aromatic rings. The Labute approximate surface area is 127 Å². The van der Waals surface area contributed by atoms with Crippen LogP contribution in [-0.4, -0.2) is 35.2 Å². The van der Waals surface area contributed by atoms with Crippen molar-refractivity contribution in [1.82, 2.24) is 0 Å². The van der Waals surface area contributed by atoms with Gasteiger partial charge in [0, 0.05) is 5.41 Å². The van der Waals surface area contributed by atoms with Crippen LogP contribution in [0.5, 0.6) is 0 Å². The summed E-state index contributed by atoms with van der Waals surface area (Å²) in [5.41, 5.74) is -1.17. The molecule has 0 aliphatic heterocycles. The third kappa shape index (κ3) is 8.14. The number of rotatable bonds is 2. The van der Waals surface area contributed by atoms with Crippen molar-refractivity contribution >= 4 is 31.9 Å². The molecule has 0 bridgehead atoms. The Morgan fingerprint density at radius 2 is 1.24 bits per heavy atom. The van der Waals surface area contributed by atoms with Gasteiger partial charge in [0.1, 0.15) is 0 Å². The molecule has 0 radical (unpaired) electrons. The first kappa shape index (κ1) is 20.6. The molecular weight excluding hydrogens is 403 g/mol. The average Bonchev–Trinajstić information content (AvgIpc) is 2.00. The fourth-order valence-corrected chi connectivity index (χ4v) is 1.35. The van der Waals surface area contributed by atoms with E-state index in [1.807, 2.05) is 0 Å². The summed E-state index contributed by atoms with van der Waals surface area (Å²) in [6.07, 6.45) is -1.20. The Balaban J connectivity index is 0. The van der Waals surface area contributed by atoms with Crippen LogP contribution >= 0.6 is 31.9 Å². The molecule has 1 atom stereocenters. The third-order valence-corrected chi connectivity index (χ3v) is 4.97. The summed E-state index contributed by atoms with van der Waals surface area (Å²) in [6, 6.07) is 0. The molecule has 0 aliphatic rings. The van der Waals surface area contributed by atoms with Crippen molar-refractivity contribution in [2.24, 2.45) is 10.8 Å². The Kier molecular flexibility index (Phi) is 8.70. The molecule has 17 heavy (non-hydrogen) atoms. The SMILES string of the molecule is CC(C)(C)C(O)O.CC(C)([CH]([Ni])Br)C(O)(O)Br. The molecule has 0 saturated heterocycles. The zero-order valence-electron chi connectivity index (χ0n) is 10.5. The fraction of sp³-hybridized carbons (Fsp3) is 1.00. The second-order valence-electron chi connectivity index (χ2n) is 5.32. The third-order valence-electron chi connectivity index (χ3n) is 2.10. The predicted octanol–water partition coefficient (Wildman–Crippen LogP) is 1.66. The molecule has 0 rings (SSSR count). The van der Waals surface area contributed by atoms with Crippen molar-refractivity contribution in [2.75, 3.05) is 0 Å². The van der Waals surface area contributed by atoms with E-state index in [9.17, 15) is 0 Å². The van der Waals surface area contributed by atoms with Gasteiger partial charge in [-0.3, -0.25) is 0 Å². The summed E-state index contributed by atoms with van der Waals surface area (Å²) >= 11 is 10.4. The zero-order chi connectivity index (χ0) is 14.7. The van der Waals surface area contributed by atoms with E-state index in [0.717, 1.165) is 0 Å². The number of aliphatic hydroxyl groups excluding tert-OH is 1. The van der Waals surface area contributed by atoms with E-state index in [-0.39, 0.29) is 9.21 Å². The van der Waals surface area contributed by atoms with Gasteiger partial charge in [-0.05, 0) is 0 Å². The quantitative estimate of drug-likeness (QED) is 0.309. The van der Waals surface area contributed by atoms with Crippen molar-refractivity contribution in [3.8, 4) is 0 Å². The van der Waals surface area contributed by atoms with Gasteiger partial charge in [-0.2, -0.15) is 0 Å². The van der Waals surface area contributed by atoms with Crippen molar-refractivity contribution in [2.45, 2.75) is 49.4 Å². The first-order chi connectivity index (χ1) is 7.14. The van der Waals surface area contributed by atoms with Gasteiger partial charge in [0.2, 0.25) is 0 Å². The molecule has 109 valence electrons. The van der Waals surface area contributed by atoms with E-state index in [0.29, 0.717) is 0 Å². The van der Waals surface area contributed by atoms with Crippen LogP contribution in [0.2, 0.25) is 0 Å². The van der Waals surface area contributed by atoms with Gasteiger partial charge in [0.15, 0.2) is 6.29 Å². The first-order valence-corrected chi connectivity index (χ1v) is 7.16. The maximum absolute atomic E-state index is 9.10. The van der Waals surface area contributed by atoms with Gasteiger partial charge in [-0.15, -0.1) is 0 Å². The van der Waals surface area contributed by atoms with Crippen LogP contribution in [0.4, 0.5) is 0 Å². The Bertz CT molecular complexity index is 219. The molecule has 0 fully saturated rings. The predicted molar refractivity (Wildman–Crippen MR) is 70.3 cm³/mol. The molecule has 1 unspecified atom stereocenters. The van der Waals surface area contributed by atoms with E-state index in [4.69, 9.17) is 20.4 Å². The molecule has 4 N–H and O–H groups in total. The standard InChI is InChI=1S/C5H9Br2O2.C5H12O2.Ni/c1-4(2,3-6)5(7,8)9;1-5(2,3)4(6)7;/h3,8-9H,1-2H3;4,6-7H,1-3H3;. The fourth-order valence-electron chi connectivity index (χ4n) is 0.127. The monoisotopic (exact) mass is 421 g/mol. The summed E-state index contributed by atoms with van der Waals surface area (Å²) in [7, 11) is 0. The maximum atomic E-state index is 9.10. The molecule has 0 aromatic carbocycles. The Hall–Kier alpha value is 1.29. The van der Waals surface area contributed by atoms with Crippen molar-refractivity contribution in [3.05, 3.63) is 0 Å². The van der Waals surface area contributed by atoms with Gasteiger partial charge in [0.05, 0.1) is 0 Å². The summed E-state index contributed by atoms with van der Waals surface area (Å²) in [6.45, 7) is 8.60. The number of halogens is 2. The van der Waals surface area contributed by atoms with E-state index in [1.54, 1.807) is 34.6 Å². The van der Waals surface area contributed by atoms with Crippen LogP contribution in [0, 0.1) is 10.8 Å². The minimum absolute atomic E-state index is 0.352. The Morgan fingerprint density at radius 1 is 1.00 bits per heavy atom. The second-order valence-corrected chi connectivity index (χ2v) is 8.58. The summed E-state index contributed by atoms with van der Waals surface area (Å²) in [5.74, 6) is 0. The van der Waals surface area contributed by atoms with E-state index in [1.165, 1.54) is 0 Å². The normalized spacial score (nSPS) is 15.4. The second kappa shape index (κ2) is 7.18. The number of aliphatic hydroxyl groups is 4. The molecule has 0 saturated carbocycles. The molecule has 7 heteroatoms. The van der Waals surface area contributed by atoms with Crippen LogP contribution < -0.4 is 0 Å². The van der Waals surface area contributed by atoms with Crippen LogP contribution in [0.3, 0.4) is 0 Å². The topological polar surface area (TPSA) is 80.9 Å². The van der Waals surface area contributed by atoms with Crippen LogP contribution in [0.1, 0.15) is 34.6 Å². The van der Waals surface area contributed by atoms with Crippen LogP contribution in [-0.2, 0) is 15.5 Å². The van der Waals surface area contributed by atoms with E-state index < -0.39 is 16.4 Å². The minimum atomic E-state index is -1.91. The van der Waals surface area contributed by atoms with Gasteiger partial charge in [-0.1, -0.05) is 20.8 Å². The van der Waals surface area contributed by atoms with Gasteiger partial charge >= 0.3 is 85.3 Å². The summed E-state index contributed by atoms with van der Waals surface area (Å²) < 4.78 is -2.26.